The number of rotatable bonds is 5. The Hall–Kier alpha value is -2.03. The highest BCUT2D eigenvalue weighted by Gasteiger charge is 2.26. The van der Waals surface area contributed by atoms with Crippen LogP contribution >= 0.6 is 33.9 Å². The zero-order valence-corrected chi connectivity index (χ0v) is 18.9. The summed E-state index contributed by atoms with van der Waals surface area (Å²) in [5, 5.41) is 20.1. The summed E-state index contributed by atoms with van der Waals surface area (Å²) in [6, 6.07) is 7.03. The van der Waals surface area contributed by atoms with E-state index in [1.54, 1.807) is 0 Å². The van der Waals surface area contributed by atoms with Crippen LogP contribution in [0.1, 0.15) is 0 Å². The van der Waals surface area contributed by atoms with E-state index in [1.807, 2.05) is 0 Å². The zero-order chi connectivity index (χ0) is 23.4. The highest BCUT2D eigenvalue weighted by Crippen LogP contribution is 2.33. The molecule has 0 amide bonds. The van der Waals surface area contributed by atoms with Gasteiger partial charge in [-0.05, 0) is 12.1 Å². The molecule has 30 heavy (non-hydrogen) atoms. The molecule has 164 valence electrons. The van der Waals surface area contributed by atoms with Crippen molar-refractivity contribution in [2.45, 2.75) is 9.79 Å². The summed E-state index contributed by atoms with van der Waals surface area (Å²) in [6.07, 6.45) is 0. The summed E-state index contributed by atoms with van der Waals surface area (Å²) >= 11 is 11.2. The molecule has 0 aliphatic carbocycles. The number of hydrogen-bond acceptors (Lipinski definition) is 8. The van der Waals surface area contributed by atoms with Crippen LogP contribution in [0.15, 0.2) is 46.2 Å². The maximum atomic E-state index is 11.7. The molecule has 11 nitrogen and oxygen atoms in total. The van der Waals surface area contributed by atoms with Gasteiger partial charge in [0, 0.05) is 36.9 Å². The average molecular weight is 521 g/mol. The van der Waals surface area contributed by atoms with Gasteiger partial charge in [0.2, 0.25) is 10.0 Å². The third-order valence-electron chi connectivity index (χ3n) is 3.30. The van der Waals surface area contributed by atoms with Crippen molar-refractivity contribution in [2.24, 2.45) is 0 Å². The molecule has 0 saturated carbocycles. The highest BCUT2D eigenvalue weighted by molar-refractivity contribution is 8.13. The van der Waals surface area contributed by atoms with E-state index >= 15 is 0 Å². The van der Waals surface area contributed by atoms with E-state index < -0.39 is 50.2 Å². The number of nitro groups is 2. The van der Waals surface area contributed by atoms with Crippen LogP contribution in [-0.4, -0.2) is 45.1 Å². The predicted octanol–water partition coefficient (Wildman–Crippen LogP) is 3.67. The molecule has 0 aromatic heterocycles. The van der Waals surface area contributed by atoms with Crippen molar-refractivity contribution < 1.29 is 26.7 Å². The smallest absolute Gasteiger partial charge is 0.258 e. The van der Waals surface area contributed by atoms with E-state index in [0.717, 1.165) is 22.5 Å². The lowest BCUT2D eigenvalue weighted by Crippen LogP contribution is -2.22. The maximum Gasteiger partial charge on any atom is 0.289 e. The minimum absolute atomic E-state index is 0.270. The first-order valence-electron chi connectivity index (χ1n) is 7.35. The second-order valence-corrected chi connectivity index (χ2v) is 10.8. The van der Waals surface area contributed by atoms with Crippen LogP contribution < -0.4 is 0 Å². The summed E-state index contributed by atoms with van der Waals surface area (Å²) in [5.41, 5.74) is -0.919. The Balaban J connectivity index is 0.000000303. The fourth-order valence-corrected chi connectivity index (χ4v) is 4.89. The van der Waals surface area contributed by atoms with Gasteiger partial charge in [0.25, 0.3) is 20.4 Å². The van der Waals surface area contributed by atoms with Gasteiger partial charge >= 0.3 is 0 Å². The van der Waals surface area contributed by atoms with Gasteiger partial charge in [0.15, 0.2) is 0 Å². The number of nitrogens with zero attached hydrogens (tertiary/aromatic N) is 3. The second-order valence-electron chi connectivity index (χ2n) is 5.42. The highest BCUT2D eigenvalue weighted by atomic mass is 35.7. The average Bonchev–Trinajstić information content (AvgIpc) is 2.60. The van der Waals surface area contributed by atoms with E-state index in [-0.39, 0.29) is 9.92 Å². The van der Waals surface area contributed by atoms with Crippen molar-refractivity contribution in [3.05, 3.63) is 66.7 Å². The fourth-order valence-electron chi connectivity index (χ4n) is 1.86. The molecule has 0 heterocycles. The lowest BCUT2D eigenvalue weighted by molar-refractivity contribution is -0.385. The van der Waals surface area contributed by atoms with E-state index in [4.69, 9.17) is 33.9 Å². The van der Waals surface area contributed by atoms with Crippen LogP contribution in [0, 0.1) is 20.2 Å². The van der Waals surface area contributed by atoms with Crippen LogP contribution in [0.4, 0.5) is 11.4 Å². The number of halogens is 3. The summed E-state index contributed by atoms with van der Waals surface area (Å²) in [4.78, 5) is 18.7. The van der Waals surface area contributed by atoms with Crippen molar-refractivity contribution >= 4 is 64.3 Å². The molecule has 0 unspecified atom stereocenters. The normalized spacial score (nSPS) is 11.5. The minimum Gasteiger partial charge on any atom is -0.258 e. The van der Waals surface area contributed by atoms with Crippen LogP contribution in [0.25, 0.3) is 0 Å². The molecule has 0 saturated heterocycles. The molecule has 0 aliphatic heterocycles. The molecular formula is C14H12Cl3N3O8S2. The van der Waals surface area contributed by atoms with Gasteiger partial charge in [-0.25, -0.2) is 21.1 Å². The van der Waals surface area contributed by atoms with Crippen molar-refractivity contribution in [1.82, 2.24) is 4.31 Å². The molecule has 0 radical (unpaired) electrons. The summed E-state index contributed by atoms with van der Waals surface area (Å²) in [5.74, 6) is 0. The maximum absolute atomic E-state index is 11.7. The summed E-state index contributed by atoms with van der Waals surface area (Å²) in [7, 11) is -0.167. The van der Waals surface area contributed by atoms with Crippen LogP contribution in [0.3, 0.4) is 0 Å². The number of sulfonamides is 1. The van der Waals surface area contributed by atoms with Crippen molar-refractivity contribution in [3.63, 3.8) is 0 Å². The van der Waals surface area contributed by atoms with Gasteiger partial charge in [0.1, 0.15) is 19.8 Å². The summed E-state index contributed by atoms with van der Waals surface area (Å²) < 4.78 is 46.2. The topological polar surface area (TPSA) is 158 Å². The predicted molar refractivity (Wildman–Crippen MR) is 110 cm³/mol. The molecule has 2 aromatic rings. The second kappa shape index (κ2) is 9.85. The van der Waals surface area contributed by atoms with E-state index in [0.29, 0.717) is 0 Å². The van der Waals surface area contributed by atoms with Crippen molar-refractivity contribution in [2.75, 3.05) is 14.1 Å². The lowest BCUT2D eigenvalue weighted by atomic mass is 10.3. The molecule has 16 heteroatoms. The molecule has 0 aliphatic rings. The molecular weight excluding hydrogens is 509 g/mol. The van der Waals surface area contributed by atoms with E-state index in [9.17, 15) is 37.1 Å². The molecule has 0 fully saturated rings. The third kappa shape index (κ3) is 6.00. The van der Waals surface area contributed by atoms with Crippen molar-refractivity contribution in [3.8, 4) is 0 Å². The van der Waals surface area contributed by atoms with Crippen LogP contribution in [0.2, 0.25) is 10.0 Å². The van der Waals surface area contributed by atoms with Crippen LogP contribution in [-0.2, 0) is 19.1 Å². The van der Waals surface area contributed by atoms with Gasteiger partial charge < -0.3 is 0 Å². The monoisotopic (exact) mass is 519 g/mol. The Morgan fingerprint density at radius 3 is 1.50 bits per heavy atom. The molecule has 2 aromatic carbocycles. The first-order valence-corrected chi connectivity index (χ1v) is 11.9. The molecule has 0 atom stereocenters. The molecule has 2 rings (SSSR count). The Kier molecular flexibility index (Phi) is 8.54. The number of nitro benzene ring substituents is 2. The molecule has 0 bridgehead atoms. The third-order valence-corrected chi connectivity index (χ3v) is 7.54. The quantitative estimate of drug-likeness (QED) is 0.328. The van der Waals surface area contributed by atoms with Crippen LogP contribution in [0.5, 0.6) is 0 Å². The first kappa shape index (κ1) is 26.0. The Morgan fingerprint density at radius 1 is 0.800 bits per heavy atom. The van der Waals surface area contributed by atoms with Crippen molar-refractivity contribution in [1.29, 1.82) is 0 Å². The molecule has 0 N–H and O–H groups in total. The Morgan fingerprint density at radius 2 is 1.17 bits per heavy atom. The van der Waals surface area contributed by atoms with E-state index in [2.05, 4.69) is 0 Å². The van der Waals surface area contributed by atoms with E-state index in [1.165, 1.54) is 32.3 Å². The standard InChI is InChI=1S/C8H9ClN2O4S.C6H3Cl2NO4S/c1-10(2)16(14,15)7-5-3-4-6(8(7)9)11(12)13;7-6-4(9(10)11)2-1-3-5(6)14(8,12)13/h3-5H,1-2H3;1-3H. The minimum atomic E-state index is -4.05. The Labute approximate surface area is 185 Å². The summed E-state index contributed by atoms with van der Waals surface area (Å²) in [6.45, 7) is 0. The first-order chi connectivity index (χ1) is 13.6. The largest absolute Gasteiger partial charge is 0.289 e. The van der Waals surface area contributed by atoms with Gasteiger partial charge in [-0.3, -0.25) is 20.2 Å². The van der Waals surface area contributed by atoms with Gasteiger partial charge in [0.05, 0.1) is 9.85 Å². The number of hydrogen-bond donors (Lipinski definition) is 0. The zero-order valence-electron chi connectivity index (χ0n) is 15.0. The SMILES string of the molecule is CN(C)S(=O)(=O)c1cccc([N+](=O)[O-])c1Cl.O=[N+]([O-])c1cccc(S(=O)(=O)Cl)c1Cl. The Bertz CT molecular complexity index is 1200. The van der Waals surface area contributed by atoms with Gasteiger partial charge in [-0.1, -0.05) is 35.3 Å². The van der Waals surface area contributed by atoms with Gasteiger partial charge in [-0.15, -0.1) is 0 Å². The van der Waals surface area contributed by atoms with Gasteiger partial charge in [-0.2, -0.15) is 0 Å². The molecule has 0 spiro atoms. The fraction of sp³-hybridized carbons (Fsp3) is 0.143. The lowest BCUT2D eigenvalue weighted by Gasteiger charge is -2.12. The number of benzene rings is 2.